The first kappa shape index (κ1) is 15.3. The summed E-state index contributed by atoms with van der Waals surface area (Å²) in [4.78, 5) is 0. The molecule has 0 aromatic heterocycles. The van der Waals surface area contributed by atoms with E-state index in [1.807, 2.05) is 0 Å². The Labute approximate surface area is 96.7 Å². The van der Waals surface area contributed by atoms with Crippen LogP contribution in [0.5, 0.6) is 0 Å². The normalized spacial score (nSPS) is 11.6. The molecule has 0 fully saturated rings. The van der Waals surface area contributed by atoms with Crippen molar-refractivity contribution in [3.8, 4) is 0 Å². The van der Waals surface area contributed by atoms with Crippen molar-refractivity contribution in [2.75, 3.05) is 19.4 Å². The Kier molecular flexibility index (Phi) is 11.1. The van der Waals surface area contributed by atoms with Gasteiger partial charge in [-0.05, 0) is 18.8 Å². The molecular formula is C12H27O2P. The third-order valence-corrected chi connectivity index (χ3v) is 3.95. The van der Waals surface area contributed by atoms with Crippen LogP contribution in [-0.4, -0.2) is 19.4 Å². The van der Waals surface area contributed by atoms with E-state index in [1.54, 1.807) is 0 Å². The maximum Gasteiger partial charge on any atom is 0.170 e. The molecule has 0 aromatic rings. The zero-order valence-electron chi connectivity index (χ0n) is 10.8. The summed E-state index contributed by atoms with van der Waals surface area (Å²) in [6.07, 6.45) is 5.75. The van der Waals surface area contributed by atoms with Crippen molar-refractivity contribution in [1.29, 1.82) is 0 Å². The van der Waals surface area contributed by atoms with Gasteiger partial charge in [-0.2, -0.15) is 0 Å². The van der Waals surface area contributed by atoms with E-state index >= 15 is 0 Å². The van der Waals surface area contributed by atoms with Gasteiger partial charge in [0.05, 0.1) is 13.2 Å². The molecule has 0 aliphatic heterocycles. The number of rotatable bonds is 10. The lowest BCUT2D eigenvalue weighted by Gasteiger charge is -2.19. The van der Waals surface area contributed by atoms with E-state index in [0.717, 1.165) is 32.2 Å². The van der Waals surface area contributed by atoms with Crippen LogP contribution in [0, 0.1) is 5.92 Å². The summed E-state index contributed by atoms with van der Waals surface area (Å²) in [5.41, 5.74) is 0. The van der Waals surface area contributed by atoms with Crippen LogP contribution in [0.15, 0.2) is 0 Å². The van der Waals surface area contributed by atoms with E-state index in [0.29, 0.717) is 5.92 Å². The van der Waals surface area contributed by atoms with Crippen LogP contribution in [0.4, 0.5) is 0 Å². The van der Waals surface area contributed by atoms with Crippen molar-refractivity contribution in [3.63, 3.8) is 0 Å². The maximum atomic E-state index is 5.78. The average Bonchev–Trinajstić information content (AvgIpc) is 2.17. The topological polar surface area (TPSA) is 18.5 Å². The summed E-state index contributed by atoms with van der Waals surface area (Å²) in [5, 5.41) is 0. The van der Waals surface area contributed by atoms with Gasteiger partial charge in [0.1, 0.15) is 0 Å². The summed E-state index contributed by atoms with van der Waals surface area (Å²) in [7, 11) is -0.623. The Morgan fingerprint density at radius 3 is 1.73 bits per heavy atom. The lowest BCUT2D eigenvalue weighted by atomic mass is 10.3. The quantitative estimate of drug-likeness (QED) is 0.406. The number of hydrogen-bond acceptors (Lipinski definition) is 2. The highest BCUT2D eigenvalue weighted by molar-refractivity contribution is 7.47. The molecule has 0 heterocycles. The lowest BCUT2D eigenvalue weighted by molar-refractivity contribution is 0.241. The minimum atomic E-state index is -0.623. The second-order valence-corrected chi connectivity index (χ2v) is 5.83. The monoisotopic (exact) mass is 234 g/mol. The van der Waals surface area contributed by atoms with Crippen molar-refractivity contribution < 1.29 is 9.05 Å². The van der Waals surface area contributed by atoms with Gasteiger partial charge in [0, 0.05) is 6.16 Å². The molecular weight excluding hydrogens is 207 g/mol. The molecule has 0 amide bonds. The smallest absolute Gasteiger partial charge is 0.170 e. The second kappa shape index (κ2) is 10.9. The SMILES string of the molecule is CCCCOP(CC(C)C)OCCCC. The molecule has 0 spiro atoms. The predicted molar refractivity (Wildman–Crippen MR) is 68.3 cm³/mol. The Balaban J connectivity index is 3.63. The highest BCUT2D eigenvalue weighted by Gasteiger charge is 2.12. The molecule has 0 N–H and O–H groups in total. The van der Waals surface area contributed by atoms with Crippen molar-refractivity contribution >= 4 is 8.38 Å². The van der Waals surface area contributed by atoms with Gasteiger partial charge < -0.3 is 9.05 Å². The molecule has 3 heteroatoms. The van der Waals surface area contributed by atoms with Crippen LogP contribution in [0.1, 0.15) is 53.4 Å². The Morgan fingerprint density at radius 1 is 0.933 bits per heavy atom. The van der Waals surface area contributed by atoms with Crippen LogP contribution >= 0.6 is 8.38 Å². The summed E-state index contributed by atoms with van der Waals surface area (Å²) in [5.74, 6) is 0.666. The molecule has 0 unspecified atom stereocenters. The Bertz CT molecular complexity index is 119. The standard InChI is InChI=1S/C12H27O2P/c1-5-7-9-13-15(11-12(3)4)14-10-8-6-2/h12H,5-11H2,1-4H3. The molecule has 0 saturated heterocycles. The Morgan fingerprint density at radius 2 is 1.40 bits per heavy atom. The lowest BCUT2D eigenvalue weighted by Crippen LogP contribution is -2.02. The zero-order chi connectivity index (χ0) is 11.5. The number of hydrogen-bond donors (Lipinski definition) is 0. The first-order chi connectivity index (χ1) is 7.20. The van der Waals surface area contributed by atoms with Gasteiger partial charge >= 0.3 is 0 Å². The Hall–Kier alpha value is 0.350. The summed E-state index contributed by atoms with van der Waals surface area (Å²) < 4.78 is 11.6. The average molecular weight is 234 g/mol. The van der Waals surface area contributed by atoms with Crippen molar-refractivity contribution in [3.05, 3.63) is 0 Å². The van der Waals surface area contributed by atoms with Gasteiger partial charge in [0.25, 0.3) is 0 Å². The molecule has 0 aliphatic rings. The van der Waals surface area contributed by atoms with E-state index in [9.17, 15) is 0 Å². The zero-order valence-corrected chi connectivity index (χ0v) is 11.7. The largest absolute Gasteiger partial charge is 0.334 e. The molecule has 15 heavy (non-hydrogen) atoms. The molecule has 0 radical (unpaired) electrons. The molecule has 92 valence electrons. The maximum absolute atomic E-state index is 5.78. The van der Waals surface area contributed by atoms with Crippen molar-refractivity contribution in [2.45, 2.75) is 53.4 Å². The molecule has 0 atom stereocenters. The summed E-state index contributed by atoms with van der Waals surface area (Å²) >= 11 is 0. The molecule has 0 saturated carbocycles. The highest BCUT2D eigenvalue weighted by atomic mass is 31.2. The van der Waals surface area contributed by atoms with Gasteiger partial charge in [0.15, 0.2) is 8.38 Å². The van der Waals surface area contributed by atoms with E-state index < -0.39 is 8.38 Å². The fourth-order valence-electron chi connectivity index (χ4n) is 1.06. The molecule has 0 aromatic carbocycles. The molecule has 0 aliphatic carbocycles. The minimum absolute atomic E-state index is 0.623. The fraction of sp³-hybridized carbons (Fsp3) is 1.00. The van der Waals surface area contributed by atoms with E-state index in [4.69, 9.17) is 9.05 Å². The number of unbranched alkanes of at least 4 members (excludes halogenated alkanes) is 2. The van der Waals surface area contributed by atoms with Crippen LogP contribution in [-0.2, 0) is 9.05 Å². The highest BCUT2D eigenvalue weighted by Crippen LogP contribution is 2.40. The van der Waals surface area contributed by atoms with Crippen molar-refractivity contribution in [1.82, 2.24) is 0 Å². The van der Waals surface area contributed by atoms with Crippen LogP contribution < -0.4 is 0 Å². The van der Waals surface area contributed by atoms with Crippen LogP contribution in [0.25, 0.3) is 0 Å². The van der Waals surface area contributed by atoms with Crippen molar-refractivity contribution in [2.24, 2.45) is 5.92 Å². The van der Waals surface area contributed by atoms with Crippen LogP contribution in [0.3, 0.4) is 0 Å². The van der Waals surface area contributed by atoms with Gasteiger partial charge in [-0.1, -0.05) is 40.5 Å². The second-order valence-electron chi connectivity index (χ2n) is 4.28. The molecule has 0 bridgehead atoms. The van der Waals surface area contributed by atoms with Crippen LogP contribution in [0.2, 0.25) is 0 Å². The van der Waals surface area contributed by atoms with Gasteiger partial charge in [-0.15, -0.1) is 0 Å². The van der Waals surface area contributed by atoms with Gasteiger partial charge in [-0.25, -0.2) is 0 Å². The predicted octanol–water partition coefficient (Wildman–Crippen LogP) is 4.59. The molecule has 2 nitrogen and oxygen atoms in total. The fourth-order valence-corrected chi connectivity index (χ4v) is 2.61. The summed E-state index contributed by atoms with van der Waals surface area (Å²) in [6, 6.07) is 0. The van der Waals surface area contributed by atoms with E-state index in [-0.39, 0.29) is 0 Å². The third kappa shape index (κ3) is 10.6. The molecule has 0 rings (SSSR count). The van der Waals surface area contributed by atoms with Gasteiger partial charge in [-0.3, -0.25) is 0 Å². The first-order valence-electron chi connectivity index (χ1n) is 6.24. The van der Waals surface area contributed by atoms with Gasteiger partial charge in [0.2, 0.25) is 0 Å². The first-order valence-corrected chi connectivity index (χ1v) is 7.60. The summed E-state index contributed by atoms with van der Waals surface area (Å²) in [6.45, 7) is 10.5. The van der Waals surface area contributed by atoms with E-state index in [2.05, 4.69) is 27.7 Å². The van der Waals surface area contributed by atoms with E-state index in [1.165, 1.54) is 12.8 Å². The third-order valence-electron chi connectivity index (χ3n) is 1.98. The minimum Gasteiger partial charge on any atom is -0.334 e.